The van der Waals surface area contributed by atoms with E-state index in [0.29, 0.717) is 19.7 Å². The van der Waals surface area contributed by atoms with Gasteiger partial charge in [0.25, 0.3) is 0 Å². The largest absolute Gasteiger partial charge is 0.465 e. The van der Waals surface area contributed by atoms with Gasteiger partial charge in [-0.3, -0.25) is 4.79 Å². The summed E-state index contributed by atoms with van der Waals surface area (Å²) in [6.07, 6.45) is 3.14. The number of unbranched alkanes of at least 4 members (excludes halogenated alkanes) is 1. The second kappa shape index (κ2) is 7.50. The molecule has 1 aliphatic heterocycles. The van der Waals surface area contributed by atoms with E-state index in [1.807, 2.05) is 20.8 Å². The number of hydrogen-bond donors (Lipinski definition) is 0. The molecule has 1 fully saturated rings. The van der Waals surface area contributed by atoms with Gasteiger partial charge >= 0.3 is 12.1 Å². The van der Waals surface area contributed by atoms with Crippen LogP contribution in [-0.2, 0) is 14.3 Å². The number of amides is 1. The zero-order valence-electron chi connectivity index (χ0n) is 13.1. The SMILES string of the molecule is CCCCOC(=O)[C@H]1CCCN(C(=O)OC(C)(C)C)C1. The van der Waals surface area contributed by atoms with Crippen LogP contribution in [0.3, 0.4) is 0 Å². The minimum Gasteiger partial charge on any atom is -0.465 e. The highest BCUT2D eigenvalue weighted by atomic mass is 16.6. The van der Waals surface area contributed by atoms with Crippen LogP contribution >= 0.6 is 0 Å². The Hall–Kier alpha value is -1.26. The molecule has 1 rings (SSSR count). The highest BCUT2D eigenvalue weighted by Crippen LogP contribution is 2.20. The second-order valence-electron chi connectivity index (χ2n) is 6.29. The number of carbonyl (C=O) groups excluding carboxylic acids is 2. The van der Waals surface area contributed by atoms with Crippen LogP contribution in [0.1, 0.15) is 53.4 Å². The molecule has 5 heteroatoms. The molecular formula is C15H27NO4. The maximum atomic E-state index is 12.0. The number of esters is 1. The van der Waals surface area contributed by atoms with E-state index in [1.165, 1.54) is 0 Å². The predicted octanol–water partition coefficient (Wildman–Crippen LogP) is 2.98. The summed E-state index contributed by atoms with van der Waals surface area (Å²) in [5.41, 5.74) is -0.508. The number of piperidine rings is 1. The van der Waals surface area contributed by atoms with Crippen molar-refractivity contribution in [3.8, 4) is 0 Å². The molecule has 5 nitrogen and oxygen atoms in total. The highest BCUT2D eigenvalue weighted by molar-refractivity contribution is 5.75. The van der Waals surface area contributed by atoms with Gasteiger partial charge in [-0.2, -0.15) is 0 Å². The number of carbonyl (C=O) groups is 2. The first-order chi connectivity index (χ1) is 9.33. The van der Waals surface area contributed by atoms with E-state index in [-0.39, 0.29) is 18.0 Å². The maximum absolute atomic E-state index is 12.0. The molecule has 20 heavy (non-hydrogen) atoms. The van der Waals surface area contributed by atoms with Crippen molar-refractivity contribution < 1.29 is 19.1 Å². The lowest BCUT2D eigenvalue weighted by molar-refractivity contribution is -0.150. The third kappa shape index (κ3) is 5.80. The van der Waals surface area contributed by atoms with E-state index >= 15 is 0 Å². The third-order valence-electron chi connectivity index (χ3n) is 3.15. The Labute approximate surface area is 121 Å². The average molecular weight is 285 g/mol. The summed E-state index contributed by atoms with van der Waals surface area (Å²) < 4.78 is 10.6. The summed E-state index contributed by atoms with van der Waals surface area (Å²) in [5, 5.41) is 0. The molecule has 0 aromatic rings. The molecule has 0 spiro atoms. The van der Waals surface area contributed by atoms with Gasteiger partial charge in [0.2, 0.25) is 0 Å². The normalized spacial score (nSPS) is 19.6. The maximum Gasteiger partial charge on any atom is 0.410 e. The fraction of sp³-hybridized carbons (Fsp3) is 0.867. The minimum atomic E-state index is -0.508. The standard InChI is InChI=1S/C15H27NO4/c1-5-6-10-19-13(17)12-8-7-9-16(11-12)14(18)20-15(2,3)4/h12H,5-11H2,1-4H3/t12-/m0/s1. The highest BCUT2D eigenvalue weighted by Gasteiger charge is 2.31. The van der Waals surface area contributed by atoms with Crippen molar-refractivity contribution in [3.63, 3.8) is 0 Å². The van der Waals surface area contributed by atoms with Crippen LogP contribution < -0.4 is 0 Å². The molecule has 0 bridgehead atoms. The van der Waals surface area contributed by atoms with Crippen molar-refractivity contribution in [1.29, 1.82) is 0 Å². The van der Waals surface area contributed by atoms with E-state index in [2.05, 4.69) is 6.92 Å². The Morgan fingerprint density at radius 3 is 2.60 bits per heavy atom. The molecular weight excluding hydrogens is 258 g/mol. The molecule has 0 aromatic carbocycles. The molecule has 0 N–H and O–H groups in total. The van der Waals surface area contributed by atoms with Gasteiger partial charge in [0.15, 0.2) is 0 Å². The summed E-state index contributed by atoms with van der Waals surface area (Å²) in [6, 6.07) is 0. The summed E-state index contributed by atoms with van der Waals surface area (Å²) in [5.74, 6) is -0.403. The van der Waals surface area contributed by atoms with E-state index < -0.39 is 5.60 Å². The monoisotopic (exact) mass is 285 g/mol. The first kappa shape index (κ1) is 16.8. The Morgan fingerprint density at radius 2 is 2.00 bits per heavy atom. The lowest BCUT2D eigenvalue weighted by Crippen LogP contribution is -2.45. The second-order valence-corrected chi connectivity index (χ2v) is 6.29. The predicted molar refractivity (Wildman–Crippen MR) is 76.4 cm³/mol. The van der Waals surface area contributed by atoms with Gasteiger partial charge in [-0.05, 0) is 40.0 Å². The summed E-state index contributed by atoms with van der Waals surface area (Å²) >= 11 is 0. The van der Waals surface area contributed by atoms with Crippen molar-refractivity contribution in [1.82, 2.24) is 4.90 Å². The zero-order valence-corrected chi connectivity index (χ0v) is 13.1. The van der Waals surface area contributed by atoms with Gasteiger partial charge in [0.05, 0.1) is 12.5 Å². The van der Waals surface area contributed by atoms with Crippen LogP contribution in [0.4, 0.5) is 4.79 Å². The summed E-state index contributed by atoms with van der Waals surface area (Å²) in [7, 11) is 0. The first-order valence-corrected chi connectivity index (χ1v) is 7.48. The van der Waals surface area contributed by atoms with Crippen molar-refractivity contribution in [3.05, 3.63) is 0 Å². The minimum absolute atomic E-state index is 0.188. The van der Waals surface area contributed by atoms with Crippen molar-refractivity contribution in [2.24, 2.45) is 5.92 Å². The molecule has 0 unspecified atom stereocenters. The van der Waals surface area contributed by atoms with Crippen LogP contribution in [0.5, 0.6) is 0 Å². The van der Waals surface area contributed by atoms with Crippen molar-refractivity contribution in [2.75, 3.05) is 19.7 Å². The van der Waals surface area contributed by atoms with Gasteiger partial charge in [-0.25, -0.2) is 4.79 Å². The van der Waals surface area contributed by atoms with Crippen LogP contribution in [0.15, 0.2) is 0 Å². The fourth-order valence-corrected chi connectivity index (χ4v) is 2.10. The Morgan fingerprint density at radius 1 is 1.30 bits per heavy atom. The lowest BCUT2D eigenvalue weighted by Gasteiger charge is -2.33. The molecule has 0 aromatic heterocycles. The van der Waals surface area contributed by atoms with Gasteiger partial charge in [0.1, 0.15) is 5.60 Å². The molecule has 0 radical (unpaired) electrons. The Balaban J connectivity index is 2.45. The van der Waals surface area contributed by atoms with Crippen LogP contribution in [0.25, 0.3) is 0 Å². The van der Waals surface area contributed by atoms with Gasteiger partial charge in [-0.15, -0.1) is 0 Å². The molecule has 1 aliphatic rings. The van der Waals surface area contributed by atoms with E-state index in [1.54, 1.807) is 4.90 Å². The van der Waals surface area contributed by atoms with E-state index in [4.69, 9.17) is 9.47 Å². The molecule has 0 saturated carbocycles. The number of rotatable bonds is 4. The molecule has 1 saturated heterocycles. The van der Waals surface area contributed by atoms with Gasteiger partial charge in [0, 0.05) is 13.1 Å². The lowest BCUT2D eigenvalue weighted by atomic mass is 9.98. The number of nitrogens with zero attached hydrogens (tertiary/aromatic N) is 1. The van der Waals surface area contributed by atoms with E-state index in [0.717, 1.165) is 25.7 Å². The van der Waals surface area contributed by atoms with Crippen molar-refractivity contribution >= 4 is 12.1 Å². The Kier molecular flexibility index (Phi) is 6.30. The quantitative estimate of drug-likeness (QED) is 0.588. The number of hydrogen-bond acceptors (Lipinski definition) is 4. The molecule has 116 valence electrons. The van der Waals surface area contributed by atoms with Crippen LogP contribution in [0.2, 0.25) is 0 Å². The first-order valence-electron chi connectivity index (χ1n) is 7.48. The molecule has 1 amide bonds. The molecule has 1 heterocycles. The van der Waals surface area contributed by atoms with E-state index in [9.17, 15) is 9.59 Å². The third-order valence-corrected chi connectivity index (χ3v) is 3.15. The van der Waals surface area contributed by atoms with Gasteiger partial charge < -0.3 is 14.4 Å². The van der Waals surface area contributed by atoms with Gasteiger partial charge in [-0.1, -0.05) is 13.3 Å². The smallest absolute Gasteiger partial charge is 0.410 e. The average Bonchev–Trinajstić information content (AvgIpc) is 2.37. The molecule has 1 atom stereocenters. The fourth-order valence-electron chi connectivity index (χ4n) is 2.10. The Bertz CT molecular complexity index is 335. The van der Waals surface area contributed by atoms with Crippen LogP contribution in [-0.4, -0.2) is 42.3 Å². The topological polar surface area (TPSA) is 55.8 Å². The van der Waals surface area contributed by atoms with Crippen molar-refractivity contribution in [2.45, 2.75) is 59.0 Å². The zero-order chi connectivity index (χ0) is 15.2. The summed E-state index contributed by atoms with van der Waals surface area (Å²) in [4.78, 5) is 25.5. The summed E-state index contributed by atoms with van der Waals surface area (Å²) in [6.45, 7) is 9.09. The molecule has 0 aliphatic carbocycles. The number of ether oxygens (including phenoxy) is 2. The number of likely N-dealkylation sites (tertiary alicyclic amines) is 1. The van der Waals surface area contributed by atoms with Crippen LogP contribution in [0, 0.1) is 5.92 Å².